The van der Waals surface area contributed by atoms with Crippen molar-refractivity contribution in [2.45, 2.75) is 19.9 Å². The van der Waals surface area contributed by atoms with Gasteiger partial charge in [0, 0.05) is 17.5 Å². The first-order chi connectivity index (χ1) is 11.2. The lowest BCUT2D eigenvalue weighted by atomic mass is 9.96. The molecular formula is C18H16N4O. The second-order valence-electron chi connectivity index (χ2n) is 5.67. The normalized spacial score (nSPS) is 17.0. The smallest absolute Gasteiger partial charge is 0.209 e. The van der Waals surface area contributed by atoms with E-state index in [1.165, 1.54) is 0 Å². The summed E-state index contributed by atoms with van der Waals surface area (Å²) in [6.45, 7) is 3.51. The number of hydrogen-bond donors (Lipinski definition) is 1. The van der Waals surface area contributed by atoms with E-state index < -0.39 is 0 Å². The van der Waals surface area contributed by atoms with Gasteiger partial charge in [-0.25, -0.2) is 4.98 Å². The number of Topliss-reactive ketones (excluding diaryl/α,β-unsaturated/α-hetero) is 1. The number of nitrogens with one attached hydrogen (secondary N) is 1. The van der Waals surface area contributed by atoms with Crippen molar-refractivity contribution in [2.75, 3.05) is 5.32 Å². The molecule has 23 heavy (non-hydrogen) atoms. The minimum atomic E-state index is -0.266. The fourth-order valence-electron chi connectivity index (χ4n) is 3.24. The molecule has 3 aromatic rings. The minimum absolute atomic E-state index is 0.0362. The highest BCUT2D eigenvalue weighted by atomic mass is 16.1. The molecule has 114 valence electrons. The molecule has 1 aliphatic rings. The fourth-order valence-corrected chi connectivity index (χ4v) is 3.24. The highest BCUT2D eigenvalue weighted by molar-refractivity contribution is 5.97. The van der Waals surface area contributed by atoms with Gasteiger partial charge in [-0.3, -0.25) is 14.3 Å². The van der Waals surface area contributed by atoms with Crippen LogP contribution in [-0.2, 0) is 4.79 Å². The Labute approximate surface area is 133 Å². The lowest BCUT2D eigenvalue weighted by molar-refractivity contribution is -0.114. The summed E-state index contributed by atoms with van der Waals surface area (Å²) >= 11 is 0. The number of allylic oxidation sites excluding steroid dienone is 2. The summed E-state index contributed by atoms with van der Waals surface area (Å²) < 4.78 is 2.06. The van der Waals surface area contributed by atoms with Gasteiger partial charge in [0.25, 0.3) is 0 Å². The zero-order chi connectivity index (χ0) is 16.0. The van der Waals surface area contributed by atoms with Gasteiger partial charge < -0.3 is 5.32 Å². The number of carbonyl (C=O) groups is 1. The number of fused-ring (bicyclic) bond motifs is 3. The Bertz CT molecular complexity index is 940. The molecule has 3 heterocycles. The number of para-hydroxylation sites is 2. The molecule has 4 rings (SSSR count). The molecule has 0 radical (unpaired) electrons. The predicted octanol–water partition coefficient (Wildman–Crippen LogP) is 3.31. The van der Waals surface area contributed by atoms with Crippen molar-refractivity contribution in [1.82, 2.24) is 14.5 Å². The quantitative estimate of drug-likeness (QED) is 0.789. The third-order valence-electron chi connectivity index (χ3n) is 4.18. The van der Waals surface area contributed by atoms with Crippen LogP contribution < -0.4 is 5.32 Å². The molecule has 0 bridgehead atoms. The average Bonchev–Trinajstić information content (AvgIpc) is 2.91. The first kappa shape index (κ1) is 13.7. The van der Waals surface area contributed by atoms with Crippen molar-refractivity contribution >= 4 is 22.8 Å². The average molecular weight is 304 g/mol. The van der Waals surface area contributed by atoms with E-state index in [1.54, 1.807) is 13.1 Å². The van der Waals surface area contributed by atoms with E-state index in [4.69, 9.17) is 0 Å². The van der Waals surface area contributed by atoms with Crippen LogP contribution >= 0.6 is 0 Å². The zero-order valence-corrected chi connectivity index (χ0v) is 12.9. The Morgan fingerprint density at radius 1 is 1.17 bits per heavy atom. The van der Waals surface area contributed by atoms with Crippen LogP contribution in [0.5, 0.6) is 0 Å². The summed E-state index contributed by atoms with van der Waals surface area (Å²) in [5, 5.41) is 3.26. The number of aromatic nitrogens is 3. The topological polar surface area (TPSA) is 59.8 Å². The molecular weight excluding hydrogens is 288 g/mol. The van der Waals surface area contributed by atoms with Crippen LogP contribution in [-0.4, -0.2) is 20.3 Å². The number of rotatable bonds is 2. The van der Waals surface area contributed by atoms with E-state index in [1.807, 2.05) is 49.4 Å². The number of ketones is 1. The fraction of sp³-hybridized carbons (Fsp3) is 0.167. The number of hydrogen-bond acceptors (Lipinski definition) is 4. The molecule has 5 heteroatoms. The summed E-state index contributed by atoms with van der Waals surface area (Å²) in [5.41, 5.74) is 4.27. The Morgan fingerprint density at radius 2 is 1.96 bits per heavy atom. The lowest BCUT2D eigenvalue weighted by Crippen LogP contribution is -2.27. The molecule has 0 aliphatic carbocycles. The SMILES string of the molecule is CC(=O)C1=C(C)Nc2nc3ccccc3n2[C@@H]1c1ccccn1. The molecule has 0 saturated carbocycles. The van der Waals surface area contributed by atoms with E-state index >= 15 is 0 Å². The first-order valence-corrected chi connectivity index (χ1v) is 7.53. The summed E-state index contributed by atoms with van der Waals surface area (Å²) in [7, 11) is 0. The van der Waals surface area contributed by atoms with Gasteiger partial charge in [0.05, 0.1) is 16.7 Å². The van der Waals surface area contributed by atoms with Gasteiger partial charge in [-0.1, -0.05) is 18.2 Å². The standard InChI is InChI=1S/C18H16N4O/c1-11-16(12(2)23)17(14-8-5-6-10-19-14)22-15-9-4-3-7-13(15)21-18(22)20-11/h3-10,17H,1-2H3,(H,20,21)/t17-/m1/s1. The minimum Gasteiger partial charge on any atom is -0.329 e. The first-order valence-electron chi connectivity index (χ1n) is 7.53. The van der Waals surface area contributed by atoms with E-state index in [0.717, 1.165) is 33.9 Å². The Morgan fingerprint density at radius 3 is 2.70 bits per heavy atom. The van der Waals surface area contributed by atoms with Crippen molar-refractivity contribution < 1.29 is 4.79 Å². The van der Waals surface area contributed by atoms with Gasteiger partial charge >= 0.3 is 0 Å². The second kappa shape index (κ2) is 5.05. The highest BCUT2D eigenvalue weighted by Gasteiger charge is 2.32. The molecule has 1 aliphatic heterocycles. The summed E-state index contributed by atoms with van der Waals surface area (Å²) in [5.74, 6) is 0.776. The van der Waals surface area contributed by atoms with Crippen LogP contribution in [0.2, 0.25) is 0 Å². The third kappa shape index (κ3) is 2.04. The number of carbonyl (C=O) groups excluding carboxylic acids is 1. The van der Waals surface area contributed by atoms with E-state index in [2.05, 4.69) is 19.9 Å². The van der Waals surface area contributed by atoms with Gasteiger partial charge in [0.2, 0.25) is 5.95 Å². The largest absolute Gasteiger partial charge is 0.329 e. The van der Waals surface area contributed by atoms with Crippen molar-refractivity contribution in [3.8, 4) is 0 Å². The predicted molar refractivity (Wildman–Crippen MR) is 89.1 cm³/mol. The van der Waals surface area contributed by atoms with Crippen molar-refractivity contribution in [3.63, 3.8) is 0 Å². The molecule has 0 fully saturated rings. The number of pyridine rings is 1. The van der Waals surface area contributed by atoms with Crippen LogP contribution in [0.1, 0.15) is 25.6 Å². The van der Waals surface area contributed by atoms with Crippen molar-refractivity contribution in [2.24, 2.45) is 0 Å². The summed E-state index contributed by atoms with van der Waals surface area (Å²) in [6, 6.07) is 13.4. The number of benzene rings is 1. The zero-order valence-electron chi connectivity index (χ0n) is 12.9. The Hall–Kier alpha value is -2.95. The maximum absolute atomic E-state index is 12.3. The Kier molecular flexibility index (Phi) is 3.01. The van der Waals surface area contributed by atoms with Gasteiger partial charge in [0.1, 0.15) is 6.04 Å². The molecule has 5 nitrogen and oxygen atoms in total. The van der Waals surface area contributed by atoms with Crippen LogP contribution in [0, 0.1) is 0 Å². The third-order valence-corrected chi connectivity index (χ3v) is 4.18. The molecule has 0 spiro atoms. The molecule has 1 N–H and O–H groups in total. The highest BCUT2D eigenvalue weighted by Crippen LogP contribution is 2.38. The van der Waals surface area contributed by atoms with Crippen molar-refractivity contribution in [3.05, 3.63) is 65.6 Å². The maximum Gasteiger partial charge on any atom is 0.209 e. The molecule has 1 atom stereocenters. The molecule has 0 amide bonds. The van der Waals surface area contributed by atoms with Crippen LogP contribution in [0.3, 0.4) is 0 Å². The summed E-state index contributed by atoms with van der Waals surface area (Å²) in [4.78, 5) is 21.4. The second-order valence-corrected chi connectivity index (χ2v) is 5.67. The van der Waals surface area contributed by atoms with E-state index in [9.17, 15) is 4.79 Å². The van der Waals surface area contributed by atoms with Gasteiger partial charge in [0.15, 0.2) is 5.78 Å². The number of nitrogens with zero attached hydrogens (tertiary/aromatic N) is 3. The van der Waals surface area contributed by atoms with Gasteiger partial charge in [-0.05, 0) is 38.1 Å². The summed E-state index contributed by atoms with van der Waals surface area (Å²) in [6.07, 6.45) is 1.75. The Balaban J connectivity index is 2.05. The van der Waals surface area contributed by atoms with E-state index in [0.29, 0.717) is 0 Å². The molecule has 0 unspecified atom stereocenters. The van der Waals surface area contributed by atoms with Gasteiger partial charge in [-0.15, -0.1) is 0 Å². The monoisotopic (exact) mass is 304 g/mol. The number of imidazole rings is 1. The lowest BCUT2D eigenvalue weighted by Gasteiger charge is -2.29. The van der Waals surface area contributed by atoms with Crippen molar-refractivity contribution in [1.29, 1.82) is 0 Å². The van der Waals surface area contributed by atoms with Gasteiger partial charge in [-0.2, -0.15) is 0 Å². The molecule has 1 aromatic carbocycles. The van der Waals surface area contributed by atoms with Crippen LogP contribution in [0.15, 0.2) is 59.9 Å². The molecule has 2 aromatic heterocycles. The number of anilines is 1. The maximum atomic E-state index is 12.3. The molecule has 0 saturated heterocycles. The van der Waals surface area contributed by atoms with Crippen LogP contribution in [0.25, 0.3) is 11.0 Å². The van der Waals surface area contributed by atoms with Crippen LogP contribution in [0.4, 0.5) is 5.95 Å². The van der Waals surface area contributed by atoms with E-state index in [-0.39, 0.29) is 11.8 Å².